The Morgan fingerprint density at radius 1 is 1.22 bits per heavy atom. The number of rotatable bonds is 4. The fraction of sp³-hybridized carbons (Fsp3) is 0.417. The molecule has 0 atom stereocenters. The largest absolute Gasteiger partial charge is 0.384 e. The van der Waals surface area contributed by atoms with Crippen molar-refractivity contribution >= 4 is 21.5 Å². The van der Waals surface area contributed by atoms with Crippen LogP contribution >= 0.6 is 0 Å². The quantitative estimate of drug-likeness (QED) is 0.571. The number of benzene rings is 1. The van der Waals surface area contributed by atoms with E-state index in [2.05, 4.69) is 4.72 Å². The normalized spacial score (nSPS) is 16.7. The van der Waals surface area contributed by atoms with Crippen molar-refractivity contribution < 1.29 is 8.42 Å². The Morgan fingerprint density at radius 3 is 2.28 bits per heavy atom. The molecule has 1 aromatic rings. The molecule has 2 rings (SSSR count). The maximum absolute atomic E-state index is 12.0. The highest BCUT2D eigenvalue weighted by Gasteiger charge is 2.28. The Kier molecular flexibility index (Phi) is 3.56. The van der Waals surface area contributed by atoms with Gasteiger partial charge in [-0.3, -0.25) is 10.1 Å². The van der Waals surface area contributed by atoms with E-state index in [0.717, 1.165) is 25.7 Å². The molecule has 18 heavy (non-hydrogen) atoms. The highest BCUT2D eigenvalue weighted by Crippen LogP contribution is 2.26. The first-order valence-corrected chi connectivity index (χ1v) is 7.50. The van der Waals surface area contributed by atoms with Gasteiger partial charge in [0.2, 0.25) is 10.0 Å². The minimum atomic E-state index is -3.28. The lowest BCUT2D eigenvalue weighted by molar-refractivity contribution is 0.585. The number of sulfonamides is 1. The zero-order chi connectivity index (χ0) is 13.2. The summed E-state index contributed by atoms with van der Waals surface area (Å²) in [6.07, 6.45) is 3.44. The van der Waals surface area contributed by atoms with E-state index < -0.39 is 10.0 Å². The van der Waals surface area contributed by atoms with Gasteiger partial charge in [-0.05, 0) is 37.1 Å². The van der Waals surface area contributed by atoms with E-state index in [9.17, 15) is 8.42 Å². The summed E-state index contributed by atoms with van der Waals surface area (Å²) in [4.78, 5) is 0. The summed E-state index contributed by atoms with van der Waals surface area (Å²) < 4.78 is 26.7. The summed E-state index contributed by atoms with van der Waals surface area (Å²) in [6.45, 7) is 0. The molecule has 1 fully saturated rings. The summed E-state index contributed by atoms with van der Waals surface area (Å²) in [7, 11) is -3.28. The molecule has 1 aliphatic carbocycles. The summed E-state index contributed by atoms with van der Waals surface area (Å²) in [5.74, 6) is -0.0276. The van der Waals surface area contributed by atoms with Gasteiger partial charge < -0.3 is 5.73 Å². The SMILES string of the molecule is N=C(N)c1ccc(NS(=O)(=O)C2CCCC2)cc1. The van der Waals surface area contributed by atoms with Crippen molar-refractivity contribution in [2.75, 3.05) is 4.72 Å². The lowest BCUT2D eigenvalue weighted by Gasteiger charge is -2.13. The zero-order valence-electron chi connectivity index (χ0n) is 10.0. The van der Waals surface area contributed by atoms with Gasteiger partial charge in [0, 0.05) is 11.3 Å². The van der Waals surface area contributed by atoms with Gasteiger partial charge in [-0.1, -0.05) is 12.8 Å². The van der Waals surface area contributed by atoms with Crippen molar-refractivity contribution in [3.63, 3.8) is 0 Å². The van der Waals surface area contributed by atoms with Crippen LogP contribution in [0.2, 0.25) is 0 Å². The van der Waals surface area contributed by atoms with E-state index in [1.54, 1.807) is 24.3 Å². The van der Waals surface area contributed by atoms with Gasteiger partial charge in [0.05, 0.1) is 5.25 Å². The molecular formula is C12H17N3O2S. The average Bonchev–Trinajstić information content (AvgIpc) is 2.83. The van der Waals surface area contributed by atoms with Gasteiger partial charge in [-0.15, -0.1) is 0 Å². The van der Waals surface area contributed by atoms with Crippen molar-refractivity contribution in [3.8, 4) is 0 Å². The monoisotopic (exact) mass is 267 g/mol. The lowest BCUT2D eigenvalue weighted by Crippen LogP contribution is -2.25. The third kappa shape index (κ3) is 2.81. The molecule has 1 aromatic carbocycles. The van der Waals surface area contributed by atoms with Crippen LogP contribution in [0.3, 0.4) is 0 Å². The highest BCUT2D eigenvalue weighted by molar-refractivity contribution is 7.93. The van der Waals surface area contributed by atoms with E-state index in [1.165, 1.54) is 0 Å². The number of nitrogen functional groups attached to an aromatic ring is 1. The minimum Gasteiger partial charge on any atom is -0.384 e. The molecule has 6 heteroatoms. The van der Waals surface area contributed by atoms with Crippen LogP contribution in [0.1, 0.15) is 31.2 Å². The number of hydrogen-bond acceptors (Lipinski definition) is 3. The summed E-state index contributed by atoms with van der Waals surface area (Å²) in [5.41, 5.74) is 6.44. The molecule has 0 heterocycles. The van der Waals surface area contributed by atoms with Crippen molar-refractivity contribution in [3.05, 3.63) is 29.8 Å². The molecule has 0 aliphatic heterocycles. The van der Waals surface area contributed by atoms with Gasteiger partial charge in [0.25, 0.3) is 0 Å². The van der Waals surface area contributed by atoms with E-state index >= 15 is 0 Å². The van der Waals surface area contributed by atoms with Crippen LogP contribution in [0.4, 0.5) is 5.69 Å². The first-order chi connectivity index (χ1) is 8.49. The zero-order valence-corrected chi connectivity index (χ0v) is 10.8. The Morgan fingerprint density at radius 2 is 1.78 bits per heavy atom. The fourth-order valence-electron chi connectivity index (χ4n) is 2.16. The molecule has 0 amide bonds. The van der Waals surface area contributed by atoms with Crippen LogP contribution in [0.15, 0.2) is 24.3 Å². The van der Waals surface area contributed by atoms with Crippen molar-refractivity contribution in [2.24, 2.45) is 5.73 Å². The van der Waals surface area contributed by atoms with Crippen molar-refractivity contribution in [2.45, 2.75) is 30.9 Å². The Labute approximate surface area is 107 Å². The molecule has 1 aliphatic rings. The van der Waals surface area contributed by atoms with E-state index in [0.29, 0.717) is 11.3 Å². The topological polar surface area (TPSA) is 96.0 Å². The first kappa shape index (κ1) is 12.9. The van der Waals surface area contributed by atoms with Crippen molar-refractivity contribution in [1.82, 2.24) is 0 Å². The van der Waals surface area contributed by atoms with Crippen LogP contribution in [-0.4, -0.2) is 19.5 Å². The third-order valence-electron chi connectivity index (χ3n) is 3.20. The van der Waals surface area contributed by atoms with Crippen LogP contribution in [0, 0.1) is 5.41 Å². The number of anilines is 1. The molecule has 1 saturated carbocycles. The van der Waals surface area contributed by atoms with Crippen molar-refractivity contribution in [1.29, 1.82) is 5.41 Å². The average molecular weight is 267 g/mol. The maximum Gasteiger partial charge on any atom is 0.235 e. The summed E-state index contributed by atoms with van der Waals surface area (Å²) in [5, 5.41) is 6.99. The molecule has 0 unspecified atom stereocenters. The molecule has 0 aromatic heterocycles. The van der Waals surface area contributed by atoms with Crippen LogP contribution in [-0.2, 0) is 10.0 Å². The molecule has 0 bridgehead atoms. The molecule has 4 N–H and O–H groups in total. The van der Waals surface area contributed by atoms with Gasteiger partial charge in [-0.25, -0.2) is 8.42 Å². The van der Waals surface area contributed by atoms with E-state index in [1.807, 2.05) is 0 Å². The molecule has 98 valence electrons. The Balaban J connectivity index is 2.11. The number of nitrogens with one attached hydrogen (secondary N) is 2. The molecule has 0 spiro atoms. The second kappa shape index (κ2) is 4.97. The minimum absolute atomic E-state index is 0.0276. The standard InChI is InChI=1S/C12H17N3O2S/c13-12(14)9-5-7-10(8-6-9)15-18(16,17)11-3-1-2-4-11/h5-8,11,15H,1-4H2,(H3,13,14). The second-order valence-corrected chi connectivity index (χ2v) is 6.51. The van der Waals surface area contributed by atoms with Crippen LogP contribution in [0.25, 0.3) is 0 Å². The van der Waals surface area contributed by atoms with Crippen LogP contribution in [0.5, 0.6) is 0 Å². The number of hydrogen-bond donors (Lipinski definition) is 3. The van der Waals surface area contributed by atoms with Gasteiger partial charge in [0.1, 0.15) is 5.84 Å². The molecular weight excluding hydrogens is 250 g/mol. The Hall–Kier alpha value is -1.56. The molecule has 5 nitrogen and oxygen atoms in total. The number of nitrogens with two attached hydrogens (primary N) is 1. The van der Waals surface area contributed by atoms with Gasteiger partial charge >= 0.3 is 0 Å². The van der Waals surface area contributed by atoms with Gasteiger partial charge in [-0.2, -0.15) is 0 Å². The fourth-order valence-corrected chi connectivity index (χ4v) is 3.75. The maximum atomic E-state index is 12.0. The van der Waals surface area contributed by atoms with Crippen LogP contribution < -0.4 is 10.5 Å². The predicted molar refractivity (Wildman–Crippen MR) is 72.3 cm³/mol. The molecule has 0 saturated heterocycles. The van der Waals surface area contributed by atoms with E-state index in [4.69, 9.17) is 11.1 Å². The first-order valence-electron chi connectivity index (χ1n) is 5.95. The second-order valence-electron chi connectivity index (χ2n) is 4.54. The predicted octanol–water partition coefficient (Wildman–Crippen LogP) is 1.65. The number of amidine groups is 1. The van der Waals surface area contributed by atoms with Gasteiger partial charge in [0.15, 0.2) is 0 Å². The molecule has 0 radical (unpaired) electrons. The third-order valence-corrected chi connectivity index (χ3v) is 5.07. The lowest BCUT2D eigenvalue weighted by atomic mass is 10.2. The smallest absolute Gasteiger partial charge is 0.235 e. The Bertz CT molecular complexity index is 531. The summed E-state index contributed by atoms with van der Waals surface area (Å²) in [6, 6.07) is 6.52. The summed E-state index contributed by atoms with van der Waals surface area (Å²) >= 11 is 0. The highest BCUT2D eigenvalue weighted by atomic mass is 32.2. The van der Waals surface area contributed by atoms with E-state index in [-0.39, 0.29) is 11.1 Å².